The highest BCUT2D eigenvalue weighted by Crippen LogP contribution is 2.25. The van der Waals surface area contributed by atoms with Crippen LogP contribution in [0.3, 0.4) is 0 Å². The molecule has 1 N–H and O–H groups in total. The van der Waals surface area contributed by atoms with Crippen LogP contribution in [-0.4, -0.2) is 17.1 Å². The first-order chi connectivity index (χ1) is 8.68. The van der Waals surface area contributed by atoms with Crippen LogP contribution in [0.4, 0.5) is 5.69 Å². The molecule has 1 aromatic heterocycles. The average Bonchev–Trinajstić information content (AvgIpc) is 2.40. The number of aliphatic hydroxyl groups excluding tert-OH is 1. The normalized spacial score (nSPS) is 12.2. The molecule has 1 atom stereocenters. The van der Waals surface area contributed by atoms with Crippen molar-refractivity contribution in [1.29, 1.82) is 0 Å². The second kappa shape index (κ2) is 5.65. The van der Waals surface area contributed by atoms with Gasteiger partial charge in [0.2, 0.25) is 0 Å². The molecule has 3 nitrogen and oxygen atoms in total. The molecule has 0 bridgehead atoms. The van der Waals surface area contributed by atoms with Crippen LogP contribution in [0.1, 0.15) is 24.3 Å². The number of hydrogen-bond acceptors (Lipinski definition) is 3. The zero-order valence-electron chi connectivity index (χ0n) is 10.7. The molecular formula is C15H18N2O. The molecule has 3 heteroatoms. The first kappa shape index (κ1) is 12.6. The predicted octanol–water partition coefficient (Wildman–Crippen LogP) is 2.77. The van der Waals surface area contributed by atoms with Crippen LogP contribution < -0.4 is 4.90 Å². The Balaban J connectivity index is 2.21. The monoisotopic (exact) mass is 242 g/mol. The van der Waals surface area contributed by atoms with Crippen LogP contribution in [0, 0.1) is 0 Å². The number of aromatic nitrogens is 1. The smallest absolute Gasteiger partial charge is 0.0781 e. The molecule has 0 amide bonds. The Labute approximate surface area is 108 Å². The van der Waals surface area contributed by atoms with Gasteiger partial charge in [-0.3, -0.25) is 4.98 Å². The second-order valence-corrected chi connectivity index (χ2v) is 4.41. The molecule has 1 aromatic carbocycles. The van der Waals surface area contributed by atoms with Crippen LogP contribution in [0.25, 0.3) is 0 Å². The minimum atomic E-state index is -0.465. The van der Waals surface area contributed by atoms with Gasteiger partial charge in [-0.25, -0.2) is 0 Å². The van der Waals surface area contributed by atoms with E-state index in [9.17, 15) is 5.11 Å². The Morgan fingerprint density at radius 1 is 1.17 bits per heavy atom. The quantitative estimate of drug-likeness (QED) is 0.895. The number of hydrogen-bond donors (Lipinski definition) is 1. The van der Waals surface area contributed by atoms with Crippen LogP contribution in [0.15, 0.2) is 48.7 Å². The fourth-order valence-corrected chi connectivity index (χ4v) is 2.01. The maximum atomic E-state index is 9.78. The molecule has 0 aliphatic carbocycles. The SMILES string of the molecule is C[C@@H](O)c1ccccc1N(C)Cc1ccccn1. The van der Waals surface area contributed by atoms with Crippen LogP contribution in [0.2, 0.25) is 0 Å². The number of nitrogens with zero attached hydrogens (tertiary/aromatic N) is 2. The van der Waals surface area contributed by atoms with Crippen LogP contribution >= 0.6 is 0 Å². The number of aliphatic hydroxyl groups is 1. The molecule has 18 heavy (non-hydrogen) atoms. The van der Waals surface area contributed by atoms with E-state index in [-0.39, 0.29) is 0 Å². The number of anilines is 1. The fourth-order valence-electron chi connectivity index (χ4n) is 2.01. The van der Waals surface area contributed by atoms with E-state index in [1.807, 2.05) is 49.5 Å². The van der Waals surface area contributed by atoms with Crippen molar-refractivity contribution in [3.63, 3.8) is 0 Å². The summed E-state index contributed by atoms with van der Waals surface area (Å²) in [6.45, 7) is 2.51. The van der Waals surface area contributed by atoms with Gasteiger partial charge in [0.25, 0.3) is 0 Å². The lowest BCUT2D eigenvalue weighted by molar-refractivity contribution is 0.199. The lowest BCUT2D eigenvalue weighted by atomic mass is 10.1. The summed E-state index contributed by atoms with van der Waals surface area (Å²) < 4.78 is 0. The molecule has 0 fully saturated rings. The van der Waals surface area contributed by atoms with E-state index in [2.05, 4.69) is 9.88 Å². The third-order valence-electron chi connectivity index (χ3n) is 2.92. The molecule has 0 spiro atoms. The van der Waals surface area contributed by atoms with Crippen molar-refractivity contribution in [1.82, 2.24) is 4.98 Å². The third-order valence-corrected chi connectivity index (χ3v) is 2.92. The summed E-state index contributed by atoms with van der Waals surface area (Å²) in [5.74, 6) is 0. The lowest BCUT2D eigenvalue weighted by Gasteiger charge is -2.23. The second-order valence-electron chi connectivity index (χ2n) is 4.41. The largest absolute Gasteiger partial charge is 0.389 e. The Hall–Kier alpha value is -1.87. The molecule has 0 unspecified atom stereocenters. The van der Waals surface area contributed by atoms with Gasteiger partial charge >= 0.3 is 0 Å². The van der Waals surface area contributed by atoms with E-state index in [4.69, 9.17) is 0 Å². The first-order valence-electron chi connectivity index (χ1n) is 6.06. The summed E-state index contributed by atoms with van der Waals surface area (Å²) in [7, 11) is 2.01. The summed E-state index contributed by atoms with van der Waals surface area (Å²) in [5.41, 5.74) is 2.99. The maximum Gasteiger partial charge on any atom is 0.0781 e. The molecule has 0 radical (unpaired) electrons. The third kappa shape index (κ3) is 2.87. The molecule has 0 aliphatic heterocycles. The van der Waals surface area contributed by atoms with Crippen molar-refractivity contribution < 1.29 is 5.11 Å². The number of para-hydroxylation sites is 1. The van der Waals surface area contributed by atoms with Crippen molar-refractivity contribution in [3.8, 4) is 0 Å². The van der Waals surface area contributed by atoms with Crippen LogP contribution in [0.5, 0.6) is 0 Å². The van der Waals surface area contributed by atoms with E-state index in [1.54, 1.807) is 13.1 Å². The van der Waals surface area contributed by atoms with Gasteiger partial charge in [0, 0.05) is 24.5 Å². The Kier molecular flexibility index (Phi) is 3.95. The first-order valence-corrected chi connectivity index (χ1v) is 6.06. The van der Waals surface area contributed by atoms with Gasteiger partial charge in [-0.05, 0) is 25.1 Å². The lowest BCUT2D eigenvalue weighted by Crippen LogP contribution is -2.19. The minimum absolute atomic E-state index is 0.465. The predicted molar refractivity (Wildman–Crippen MR) is 73.4 cm³/mol. The molecule has 94 valence electrons. The van der Waals surface area contributed by atoms with Crippen molar-refractivity contribution in [2.75, 3.05) is 11.9 Å². The number of benzene rings is 1. The average molecular weight is 242 g/mol. The van der Waals surface area contributed by atoms with Crippen molar-refractivity contribution in [2.24, 2.45) is 0 Å². The zero-order valence-corrected chi connectivity index (χ0v) is 10.7. The highest BCUT2D eigenvalue weighted by molar-refractivity contribution is 5.54. The topological polar surface area (TPSA) is 36.4 Å². The van der Waals surface area contributed by atoms with Gasteiger partial charge in [-0.1, -0.05) is 24.3 Å². The Morgan fingerprint density at radius 3 is 2.56 bits per heavy atom. The van der Waals surface area contributed by atoms with E-state index in [0.717, 1.165) is 23.5 Å². The Morgan fingerprint density at radius 2 is 1.89 bits per heavy atom. The van der Waals surface area contributed by atoms with Gasteiger partial charge in [-0.2, -0.15) is 0 Å². The molecule has 2 aromatic rings. The van der Waals surface area contributed by atoms with E-state index < -0.39 is 6.10 Å². The van der Waals surface area contributed by atoms with E-state index in [0.29, 0.717) is 0 Å². The number of pyridine rings is 1. The fraction of sp³-hybridized carbons (Fsp3) is 0.267. The van der Waals surface area contributed by atoms with Crippen molar-refractivity contribution >= 4 is 5.69 Å². The molecule has 0 saturated heterocycles. The molecule has 2 rings (SSSR count). The van der Waals surface area contributed by atoms with Gasteiger partial charge in [0.1, 0.15) is 0 Å². The van der Waals surface area contributed by atoms with E-state index >= 15 is 0 Å². The molecule has 1 heterocycles. The molecule has 0 saturated carbocycles. The van der Waals surface area contributed by atoms with Gasteiger partial charge < -0.3 is 10.0 Å². The summed E-state index contributed by atoms with van der Waals surface area (Å²) >= 11 is 0. The highest BCUT2D eigenvalue weighted by atomic mass is 16.3. The van der Waals surface area contributed by atoms with E-state index in [1.165, 1.54) is 0 Å². The highest BCUT2D eigenvalue weighted by Gasteiger charge is 2.11. The summed E-state index contributed by atoms with van der Waals surface area (Å²) in [5, 5.41) is 9.78. The summed E-state index contributed by atoms with van der Waals surface area (Å²) in [6.07, 6.45) is 1.33. The zero-order chi connectivity index (χ0) is 13.0. The van der Waals surface area contributed by atoms with Crippen molar-refractivity contribution in [3.05, 3.63) is 59.9 Å². The summed E-state index contributed by atoms with van der Waals surface area (Å²) in [6, 6.07) is 13.8. The van der Waals surface area contributed by atoms with Gasteiger partial charge in [-0.15, -0.1) is 0 Å². The molecule has 0 aliphatic rings. The standard InChI is InChI=1S/C15H18N2O/c1-12(18)14-8-3-4-9-15(14)17(2)11-13-7-5-6-10-16-13/h3-10,12,18H,11H2,1-2H3/t12-/m1/s1. The maximum absolute atomic E-state index is 9.78. The minimum Gasteiger partial charge on any atom is -0.389 e. The van der Waals surface area contributed by atoms with Gasteiger partial charge in [0.15, 0.2) is 0 Å². The van der Waals surface area contributed by atoms with Gasteiger partial charge in [0.05, 0.1) is 18.3 Å². The Bertz CT molecular complexity index is 497. The number of rotatable bonds is 4. The van der Waals surface area contributed by atoms with Crippen molar-refractivity contribution in [2.45, 2.75) is 19.6 Å². The summed E-state index contributed by atoms with van der Waals surface area (Å²) in [4.78, 5) is 6.42. The molecular weight excluding hydrogens is 224 g/mol. The van der Waals surface area contributed by atoms with Crippen LogP contribution in [-0.2, 0) is 6.54 Å².